The summed E-state index contributed by atoms with van der Waals surface area (Å²) in [4.78, 5) is 0.316. The van der Waals surface area contributed by atoms with Gasteiger partial charge in [0.2, 0.25) is 0 Å². The largest absolute Gasteiger partial charge is 0.359 e. The highest BCUT2D eigenvalue weighted by atomic mass is 32.2. The molecule has 0 radical (unpaired) electrons. The lowest BCUT2D eigenvalue weighted by Crippen LogP contribution is -2.36. The van der Waals surface area contributed by atoms with Crippen LogP contribution in [0.2, 0.25) is 0 Å². The van der Waals surface area contributed by atoms with Gasteiger partial charge in [0.25, 0.3) is 0 Å². The minimum Gasteiger partial charge on any atom is -0.359 e. The van der Waals surface area contributed by atoms with Crippen molar-refractivity contribution in [2.24, 2.45) is 0 Å². The zero-order valence-corrected chi connectivity index (χ0v) is 12.6. The third-order valence-corrected chi connectivity index (χ3v) is 3.95. The van der Waals surface area contributed by atoms with E-state index in [0.717, 1.165) is 5.56 Å². The van der Waals surface area contributed by atoms with Gasteiger partial charge in [0.15, 0.2) is 14.9 Å². The Kier molecular flexibility index (Phi) is 5.50. The van der Waals surface area contributed by atoms with Crippen molar-refractivity contribution in [1.29, 1.82) is 0 Å². The first-order valence-corrected chi connectivity index (χ1v) is 8.10. The standard InChI is InChI=1S/C13H18N2O2S2/c1-4-9-14-13(18)15-10(2)11-5-7-12(8-6-11)19(3,16)17/h4-8,10H,1,9H2,2-3H3,(H2,14,15,18)/t10-/m0/s1. The van der Waals surface area contributed by atoms with Crippen molar-refractivity contribution in [2.45, 2.75) is 17.9 Å². The van der Waals surface area contributed by atoms with E-state index in [-0.39, 0.29) is 6.04 Å². The van der Waals surface area contributed by atoms with Crippen LogP contribution >= 0.6 is 12.2 Å². The Morgan fingerprint density at radius 1 is 1.42 bits per heavy atom. The van der Waals surface area contributed by atoms with Crippen LogP contribution in [0.3, 0.4) is 0 Å². The van der Waals surface area contributed by atoms with Gasteiger partial charge < -0.3 is 10.6 Å². The van der Waals surface area contributed by atoms with Gasteiger partial charge in [-0.1, -0.05) is 18.2 Å². The molecule has 0 aliphatic carbocycles. The van der Waals surface area contributed by atoms with Gasteiger partial charge in [-0.05, 0) is 36.8 Å². The molecular weight excluding hydrogens is 280 g/mol. The molecule has 1 atom stereocenters. The SMILES string of the molecule is C=CCNC(=S)N[C@@H](C)c1ccc(S(C)(=O)=O)cc1. The fraction of sp³-hybridized carbons (Fsp3) is 0.308. The summed E-state index contributed by atoms with van der Waals surface area (Å²) >= 11 is 5.11. The van der Waals surface area contributed by atoms with Crippen molar-refractivity contribution >= 4 is 27.2 Å². The van der Waals surface area contributed by atoms with Gasteiger partial charge in [-0.25, -0.2) is 8.42 Å². The molecule has 4 nitrogen and oxygen atoms in total. The van der Waals surface area contributed by atoms with Crippen LogP contribution in [0.4, 0.5) is 0 Å². The second-order valence-corrected chi connectivity index (χ2v) is 6.63. The topological polar surface area (TPSA) is 58.2 Å². The van der Waals surface area contributed by atoms with Gasteiger partial charge in [-0.2, -0.15) is 0 Å². The van der Waals surface area contributed by atoms with E-state index in [0.29, 0.717) is 16.6 Å². The van der Waals surface area contributed by atoms with Crippen LogP contribution in [-0.4, -0.2) is 26.3 Å². The maximum atomic E-state index is 11.4. The first-order valence-electron chi connectivity index (χ1n) is 5.80. The maximum absolute atomic E-state index is 11.4. The first-order chi connectivity index (χ1) is 8.84. The lowest BCUT2D eigenvalue weighted by Gasteiger charge is -2.17. The molecule has 0 heterocycles. The van der Waals surface area contributed by atoms with Gasteiger partial charge >= 0.3 is 0 Å². The van der Waals surface area contributed by atoms with Crippen molar-refractivity contribution in [3.63, 3.8) is 0 Å². The lowest BCUT2D eigenvalue weighted by atomic mass is 10.1. The van der Waals surface area contributed by atoms with E-state index in [2.05, 4.69) is 17.2 Å². The Morgan fingerprint density at radius 3 is 2.47 bits per heavy atom. The van der Waals surface area contributed by atoms with Crippen molar-refractivity contribution in [3.05, 3.63) is 42.5 Å². The van der Waals surface area contributed by atoms with Crippen LogP contribution in [0.25, 0.3) is 0 Å². The number of sulfone groups is 1. The summed E-state index contributed by atoms with van der Waals surface area (Å²) in [7, 11) is -3.15. The minimum atomic E-state index is -3.15. The predicted molar refractivity (Wildman–Crippen MR) is 81.9 cm³/mol. The molecule has 1 rings (SSSR count). The van der Waals surface area contributed by atoms with Crippen LogP contribution in [0.1, 0.15) is 18.5 Å². The van der Waals surface area contributed by atoms with Gasteiger partial charge in [-0.15, -0.1) is 6.58 Å². The van der Waals surface area contributed by atoms with Crippen LogP contribution in [0.15, 0.2) is 41.8 Å². The molecule has 0 aliphatic heterocycles. The monoisotopic (exact) mass is 298 g/mol. The minimum absolute atomic E-state index is 0.00146. The summed E-state index contributed by atoms with van der Waals surface area (Å²) in [5, 5.41) is 6.63. The van der Waals surface area contributed by atoms with Crippen LogP contribution < -0.4 is 10.6 Å². The molecule has 0 spiro atoms. The molecule has 0 saturated carbocycles. The Morgan fingerprint density at radius 2 is 2.00 bits per heavy atom. The van der Waals surface area contributed by atoms with Gasteiger partial charge in [0.05, 0.1) is 10.9 Å². The highest BCUT2D eigenvalue weighted by Gasteiger charge is 2.10. The van der Waals surface area contributed by atoms with E-state index >= 15 is 0 Å². The molecule has 2 N–H and O–H groups in total. The average molecular weight is 298 g/mol. The van der Waals surface area contributed by atoms with E-state index < -0.39 is 9.84 Å². The fourth-order valence-electron chi connectivity index (χ4n) is 1.50. The fourth-order valence-corrected chi connectivity index (χ4v) is 2.39. The van der Waals surface area contributed by atoms with Crippen LogP contribution in [-0.2, 0) is 9.84 Å². The maximum Gasteiger partial charge on any atom is 0.175 e. The average Bonchev–Trinajstić information content (AvgIpc) is 2.35. The van der Waals surface area contributed by atoms with Gasteiger partial charge in [-0.3, -0.25) is 0 Å². The van der Waals surface area contributed by atoms with Crippen molar-refractivity contribution in [3.8, 4) is 0 Å². The number of nitrogens with one attached hydrogen (secondary N) is 2. The Balaban J connectivity index is 2.70. The highest BCUT2D eigenvalue weighted by Crippen LogP contribution is 2.16. The third kappa shape index (κ3) is 5.00. The molecule has 0 saturated heterocycles. The summed E-state index contributed by atoms with van der Waals surface area (Å²) in [6.07, 6.45) is 2.91. The number of hydrogen-bond acceptors (Lipinski definition) is 3. The Hall–Kier alpha value is -1.40. The predicted octanol–water partition coefficient (Wildman–Crippen LogP) is 1.80. The molecule has 0 aliphatic rings. The second-order valence-electron chi connectivity index (χ2n) is 4.21. The molecule has 6 heteroatoms. The molecule has 0 unspecified atom stereocenters. The van der Waals surface area contributed by atoms with E-state index in [1.807, 2.05) is 6.92 Å². The zero-order valence-electron chi connectivity index (χ0n) is 11.0. The molecule has 1 aromatic rings. The molecule has 0 bridgehead atoms. The van der Waals surface area contributed by atoms with Gasteiger partial charge in [0, 0.05) is 12.8 Å². The number of hydrogen-bond donors (Lipinski definition) is 2. The summed E-state index contributed by atoms with van der Waals surface area (Å²) in [6.45, 7) is 6.15. The van der Waals surface area contributed by atoms with E-state index in [9.17, 15) is 8.42 Å². The summed E-state index contributed by atoms with van der Waals surface area (Å²) in [5.41, 5.74) is 0.968. The molecule has 19 heavy (non-hydrogen) atoms. The number of rotatable bonds is 5. The van der Waals surface area contributed by atoms with Crippen molar-refractivity contribution in [1.82, 2.24) is 10.6 Å². The molecule has 0 amide bonds. The number of thiocarbonyl (C=S) groups is 1. The number of benzene rings is 1. The normalized spacial score (nSPS) is 12.5. The Bertz CT molecular complexity index is 551. The van der Waals surface area contributed by atoms with Crippen molar-refractivity contribution in [2.75, 3.05) is 12.8 Å². The quantitative estimate of drug-likeness (QED) is 0.641. The first kappa shape index (κ1) is 15.7. The zero-order chi connectivity index (χ0) is 14.5. The molecule has 104 valence electrons. The lowest BCUT2D eigenvalue weighted by molar-refractivity contribution is 0.601. The summed E-state index contributed by atoms with van der Waals surface area (Å²) < 4.78 is 22.7. The molecule has 0 fully saturated rings. The summed E-state index contributed by atoms with van der Waals surface area (Å²) in [5.74, 6) is 0. The van der Waals surface area contributed by atoms with Crippen molar-refractivity contribution < 1.29 is 8.42 Å². The molecule has 1 aromatic carbocycles. The van der Waals surface area contributed by atoms with Crippen LogP contribution in [0, 0.1) is 0 Å². The smallest absolute Gasteiger partial charge is 0.175 e. The highest BCUT2D eigenvalue weighted by molar-refractivity contribution is 7.90. The summed E-state index contributed by atoms with van der Waals surface area (Å²) in [6, 6.07) is 6.76. The Labute approximate surface area is 119 Å². The molecule has 0 aromatic heterocycles. The van der Waals surface area contributed by atoms with E-state index in [1.54, 1.807) is 30.3 Å². The van der Waals surface area contributed by atoms with E-state index in [1.165, 1.54) is 6.26 Å². The van der Waals surface area contributed by atoms with E-state index in [4.69, 9.17) is 12.2 Å². The van der Waals surface area contributed by atoms with Gasteiger partial charge in [0.1, 0.15) is 0 Å². The third-order valence-electron chi connectivity index (χ3n) is 2.56. The van der Waals surface area contributed by atoms with Crippen LogP contribution in [0.5, 0.6) is 0 Å². The second kappa shape index (κ2) is 6.68. The molecular formula is C13H18N2O2S2.